The van der Waals surface area contributed by atoms with Crippen molar-refractivity contribution in [3.63, 3.8) is 0 Å². The Balaban J connectivity index is 2.33. The second kappa shape index (κ2) is 1.83. The first-order valence-electron chi connectivity index (χ1n) is 2.88. The average Bonchev–Trinajstić information content (AvgIpc) is 1.91. The van der Waals surface area contributed by atoms with E-state index in [9.17, 15) is 0 Å². The quantitative estimate of drug-likeness (QED) is 0.441. The number of likely N-dealkylation sites (tertiary alicyclic amines) is 1. The minimum Gasteiger partial charge on any atom is -0.299 e. The third kappa shape index (κ3) is 0.942. The Kier molecular flexibility index (Phi) is 1.33. The molecule has 1 fully saturated rings. The maximum absolute atomic E-state index is 3.85. The van der Waals surface area contributed by atoms with Crippen molar-refractivity contribution in [3.8, 4) is 0 Å². The molecule has 1 unspecified atom stereocenters. The number of hydrogen-bond donors (Lipinski definition) is 0. The zero-order valence-electron chi connectivity index (χ0n) is 4.85. The van der Waals surface area contributed by atoms with E-state index in [0.29, 0.717) is 0 Å². The Bertz CT molecular complexity index is 53.2. The van der Waals surface area contributed by atoms with E-state index in [-0.39, 0.29) is 0 Å². The molecule has 0 N–H and O–H groups in total. The molecule has 1 aliphatic rings. The molecule has 0 saturated carbocycles. The average molecular weight is 98.2 g/mol. The normalized spacial score (nSPS) is 34.3. The van der Waals surface area contributed by atoms with Crippen molar-refractivity contribution in [2.24, 2.45) is 0 Å². The highest BCUT2D eigenvalue weighted by Crippen LogP contribution is 2.13. The van der Waals surface area contributed by atoms with Gasteiger partial charge in [0.05, 0.1) is 0 Å². The summed E-state index contributed by atoms with van der Waals surface area (Å²) in [6, 6.07) is 0.736. The van der Waals surface area contributed by atoms with Crippen LogP contribution in [-0.2, 0) is 0 Å². The molecule has 1 rings (SSSR count). The first-order chi connectivity index (χ1) is 3.30. The minimum absolute atomic E-state index is 0.736. The Morgan fingerprint density at radius 3 is 2.57 bits per heavy atom. The van der Waals surface area contributed by atoms with Gasteiger partial charge in [-0.3, -0.25) is 4.90 Å². The van der Waals surface area contributed by atoms with E-state index >= 15 is 0 Å². The van der Waals surface area contributed by atoms with Gasteiger partial charge in [-0.15, -0.1) is 0 Å². The van der Waals surface area contributed by atoms with Gasteiger partial charge in [0.25, 0.3) is 0 Å². The predicted octanol–water partition coefficient (Wildman–Crippen LogP) is 1.26. The number of nitrogens with zero attached hydrogens (tertiary/aromatic N) is 1. The number of hydrogen-bond acceptors (Lipinski definition) is 1. The summed E-state index contributed by atoms with van der Waals surface area (Å²) in [4.78, 5) is 2.15. The van der Waals surface area contributed by atoms with Gasteiger partial charge in [0.1, 0.15) is 0 Å². The molecule has 7 heavy (non-hydrogen) atoms. The lowest BCUT2D eigenvalue weighted by Crippen LogP contribution is -2.18. The van der Waals surface area contributed by atoms with Crippen LogP contribution in [0.3, 0.4) is 0 Å². The summed E-state index contributed by atoms with van der Waals surface area (Å²) in [6.07, 6.45) is 2.67. The third-order valence-electron chi connectivity index (χ3n) is 1.69. The van der Waals surface area contributed by atoms with Crippen molar-refractivity contribution < 1.29 is 0 Å². The highest BCUT2D eigenvalue weighted by molar-refractivity contribution is 4.73. The molecule has 1 heterocycles. The van der Waals surface area contributed by atoms with Gasteiger partial charge in [-0.25, -0.2) is 0 Å². The lowest BCUT2D eigenvalue weighted by atomic mass is 10.3. The van der Waals surface area contributed by atoms with E-state index in [0.717, 1.165) is 6.04 Å². The minimum atomic E-state index is 0.736. The first kappa shape index (κ1) is 5.10. The Morgan fingerprint density at radius 2 is 2.43 bits per heavy atom. The summed E-state index contributed by atoms with van der Waals surface area (Å²) >= 11 is 0. The molecule has 0 aromatic carbocycles. The van der Waals surface area contributed by atoms with E-state index in [1.54, 1.807) is 0 Å². The van der Waals surface area contributed by atoms with Crippen molar-refractivity contribution in [2.75, 3.05) is 6.54 Å². The molecule has 0 amide bonds. The predicted molar refractivity (Wildman–Crippen MR) is 30.8 cm³/mol. The van der Waals surface area contributed by atoms with E-state index < -0.39 is 0 Å². The molecule has 1 radical (unpaired) electrons. The van der Waals surface area contributed by atoms with Crippen LogP contribution in [0.4, 0.5) is 0 Å². The van der Waals surface area contributed by atoms with Crippen molar-refractivity contribution >= 4 is 0 Å². The topological polar surface area (TPSA) is 3.24 Å². The molecule has 0 spiro atoms. The maximum Gasteiger partial charge on any atom is 0.0112 e. The Labute approximate surface area is 45.3 Å². The van der Waals surface area contributed by atoms with Crippen LogP contribution in [0, 0.1) is 7.05 Å². The highest BCUT2D eigenvalue weighted by atomic mass is 15.1. The van der Waals surface area contributed by atoms with E-state index in [4.69, 9.17) is 0 Å². The third-order valence-corrected chi connectivity index (χ3v) is 1.69. The lowest BCUT2D eigenvalue weighted by molar-refractivity contribution is 0.366. The van der Waals surface area contributed by atoms with E-state index in [2.05, 4.69) is 18.9 Å². The Morgan fingerprint density at radius 1 is 1.71 bits per heavy atom. The van der Waals surface area contributed by atoms with Crippen LogP contribution < -0.4 is 0 Å². The fourth-order valence-corrected chi connectivity index (χ4v) is 0.993. The van der Waals surface area contributed by atoms with Crippen LogP contribution in [0.2, 0.25) is 0 Å². The summed E-state index contributed by atoms with van der Waals surface area (Å²) in [5.74, 6) is 0. The monoisotopic (exact) mass is 98.1 g/mol. The van der Waals surface area contributed by atoms with Gasteiger partial charge in [-0.05, 0) is 26.3 Å². The summed E-state index contributed by atoms with van der Waals surface area (Å²) in [5, 5.41) is 0. The zero-order valence-corrected chi connectivity index (χ0v) is 4.85. The van der Waals surface area contributed by atoms with Crippen molar-refractivity contribution in [2.45, 2.75) is 25.8 Å². The van der Waals surface area contributed by atoms with E-state index in [1.807, 2.05) is 0 Å². The zero-order chi connectivity index (χ0) is 5.28. The van der Waals surface area contributed by atoms with Gasteiger partial charge in [0, 0.05) is 13.1 Å². The largest absolute Gasteiger partial charge is 0.299 e. The second-order valence-electron chi connectivity index (χ2n) is 2.30. The molecule has 0 aromatic heterocycles. The van der Waals surface area contributed by atoms with Crippen LogP contribution >= 0.6 is 0 Å². The van der Waals surface area contributed by atoms with Crippen molar-refractivity contribution in [3.05, 3.63) is 7.05 Å². The molecule has 41 valence electrons. The highest BCUT2D eigenvalue weighted by Gasteiger charge is 2.14. The summed E-state index contributed by atoms with van der Waals surface area (Å²) in [7, 11) is 3.85. The lowest BCUT2D eigenvalue weighted by Gasteiger charge is -2.11. The summed E-state index contributed by atoms with van der Waals surface area (Å²) in [5.41, 5.74) is 0. The molecular formula is C6H12N. The first-order valence-corrected chi connectivity index (χ1v) is 2.88. The van der Waals surface area contributed by atoms with Gasteiger partial charge >= 0.3 is 0 Å². The molecule has 0 aromatic rings. The van der Waals surface area contributed by atoms with Gasteiger partial charge in [0.2, 0.25) is 0 Å². The van der Waals surface area contributed by atoms with Gasteiger partial charge in [-0.1, -0.05) is 0 Å². The molecule has 0 aliphatic carbocycles. The number of rotatable bonds is 0. The van der Waals surface area contributed by atoms with Crippen molar-refractivity contribution in [1.29, 1.82) is 0 Å². The molecule has 1 nitrogen and oxygen atoms in total. The van der Waals surface area contributed by atoms with Gasteiger partial charge < -0.3 is 0 Å². The van der Waals surface area contributed by atoms with Crippen LogP contribution in [0.1, 0.15) is 19.8 Å². The molecule has 1 atom stereocenters. The maximum atomic E-state index is 3.85. The summed E-state index contributed by atoms with van der Waals surface area (Å²) < 4.78 is 0. The van der Waals surface area contributed by atoms with Gasteiger partial charge in [-0.2, -0.15) is 0 Å². The van der Waals surface area contributed by atoms with Crippen LogP contribution in [0.25, 0.3) is 0 Å². The van der Waals surface area contributed by atoms with E-state index in [1.165, 1.54) is 19.4 Å². The van der Waals surface area contributed by atoms with Gasteiger partial charge in [0.15, 0.2) is 0 Å². The smallest absolute Gasteiger partial charge is 0.0112 e. The van der Waals surface area contributed by atoms with Crippen LogP contribution in [0.15, 0.2) is 0 Å². The molecular weight excluding hydrogens is 86.1 g/mol. The second-order valence-corrected chi connectivity index (χ2v) is 2.30. The summed E-state index contributed by atoms with van der Waals surface area (Å²) in [6.45, 7) is 3.42. The molecule has 0 bridgehead atoms. The SMILES string of the molecule is [CH2]N1CCCC1C. The molecule has 1 aliphatic heterocycles. The Hall–Kier alpha value is -0.0400. The molecule has 1 heteroatoms. The van der Waals surface area contributed by atoms with Crippen LogP contribution in [0.5, 0.6) is 0 Å². The fourth-order valence-electron chi connectivity index (χ4n) is 0.993. The van der Waals surface area contributed by atoms with Crippen LogP contribution in [-0.4, -0.2) is 17.5 Å². The van der Waals surface area contributed by atoms with Crippen molar-refractivity contribution in [1.82, 2.24) is 4.90 Å². The molecule has 1 saturated heterocycles. The standard InChI is InChI=1S/C6H12N/c1-6-4-3-5-7(6)2/h6H,2-5H2,1H3. The fraction of sp³-hybridized carbons (Fsp3) is 0.833.